The summed E-state index contributed by atoms with van der Waals surface area (Å²) in [7, 11) is 0.406. The van der Waals surface area contributed by atoms with Gasteiger partial charge in [-0.25, -0.2) is 8.42 Å². The van der Waals surface area contributed by atoms with Gasteiger partial charge in [-0.15, -0.1) is 0 Å². The molecular formula is C18H27N3O4S. The maximum Gasteiger partial charge on any atom is 0.236 e. The van der Waals surface area contributed by atoms with Crippen molar-refractivity contribution in [3.63, 3.8) is 0 Å². The van der Waals surface area contributed by atoms with E-state index in [1.807, 2.05) is 24.3 Å². The molecule has 1 amide bonds. The van der Waals surface area contributed by atoms with Crippen molar-refractivity contribution in [2.45, 2.75) is 12.5 Å². The highest BCUT2D eigenvalue weighted by molar-refractivity contribution is 7.91. The largest absolute Gasteiger partial charge is 0.497 e. The fraction of sp³-hybridized carbons (Fsp3) is 0.611. The first-order valence-corrected chi connectivity index (χ1v) is 10.8. The van der Waals surface area contributed by atoms with E-state index in [4.69, 9.17) is 4.74 Å². The van der Waals surface area contributed by atoms with Crippen molar-refractivity contribution in [3.05, 3.63) is 24.3 Å². The number of sulfone groups is 1. The Morgan fingerprint density at radius 3 is 2.38 bits per heavy atom. The maximum atomic E-state index is 12.5. The quantitative estimate of drug-likeness (QED) is 0.738. The molecule has 0 spiro atoms. The second-order valence-electron chi connectivity index (χ2n) is 7.02. The van der Waals surface area contributed by atoms with Gasteiger partial charge in [0, 0.05) is 45.0 Å². The lowest BCUT2D eigenvalue weighted by atomic mass is 10.2. The number of nitrogens with zero attached hydrogens (tertiary/aromatic N) is 3. The Bertz CT molecular complexity index is 727. The molecule has 1 aromatic carbocycles. The van der Waals surface area contributed by atoms with Crippen molar-refractivity contribution in [2.75, 3.05) is 63.3 Å². The Morgan fingerprint density at radius 1 is 1.19 bits per heavy atom. The molecule has 8 heteroatoms. The molecule has 144 valence electrons. The van der Waals surface area contributed by atoms with Gasteiger partial charge in [0.15, 0.2) is 9.84 Å². The predicted molar refractivity (Wildman–Crippen MR) is 101 cm³/mol. The van der Waals surface area contributed by atoms with Gasteiger partial charge in [0.05, 0.1) is 25.2 Å². The Morgan fingerprint density at radius 2 is 1.85 bits per heavy atom. The zero-order valence-corrected chi connectivity index (χ0v) is 16.2. The maximum absolute atomic E-state index is 12.5. The normalized spacial score (nSPS) is 23.0. The minimum Gasteiger partial charge on any atom is -0.497 e. The summed E-state index contributed by atoms with van der Waals surface area (Å²) in [5, 5.41) is 0. The van der Waals surface area contributed by atoms with Crippen molar-refractivity contribution in [1.29, 1.82) is 0 Å². The summed E-state index contributed by atoms with van der Waals surface area (Å²) in [6.07, 6.45) is 0.551. The van der Waals surface area contributed by atoms with Crippen LogP contribution in [0, 0.1) is 0 Å². The first-order chi connectivity index (χ1) is 12.4. The average molecular weight is 381 g/mol. The fourth-order valence-corrected chi connectivity index (χ4v) is 5.32. The second-order valence-corrected chi connectivity index (χ2v) is 9.25. The third kappa shape index (κ3) is 4.48. The van der Waals surface area contributed by atoms with Crippen LogP contribution in [0.5, 0.6) is 5.75 Å². The van der Waals surface area contributed by atoms with Gasteiger partial charge in [-0.2, -0.15) is 0 Å². The van der Waals surface area contributed by atoms with Gasteiger partial charge in [-0.05, 0) is 30.7 Å². The number of carbonyl (C=O) groups is 1. The molecule has 7 nitrogen and oxygen atoms in total. The van der Waals surface area contributed by atoms with E-state index in [2.05, 4.69) is 9.80 Å². The fourth-order valence-electron chi connectivity index (χ4n) is 3.54. The lowest BCUT2D eigenvalue weighted by Gasteiger charge is -2.36. The van der Waals surface area contributed by atoms with Gasteiger partial charge in [0.25, 0.3) is 0 Å². The number of piperazine rings is 1. The Labute approximate surface area is 155 Å². The molecule has 2 fully saturated rings. The number of ether oxygens (including phenoxy) is 1. The number of carbonyl (C=O) groups excluding carboxylic acids is 1. The van der Waals surface area contributed by atoms with Gasteiger partial charge in [0.1, 0.15) is 5.75 Å². The number of hydrogen-bond acceptors (Lipinski definition) is 6. The predicted octanol–water partition coefficient (Wildman–Crippen LogP) is 0.463. The number of likely N-dealkylation sites (N-methyl/N-ethyl adjacent to an activating group) is 1. The molecule has 2 aliphatic rings. The Balaban J connectivity index is 1.48. The standard InChI is InChI=1S/C18H27N3O4S/c1-19(16-7-12-26(23,24)14-16)18(22)13-20-8-10-21(11-9-20)15-3-5-17(25-2)6-4-15/h3-6,16H,7-14H2,1-2H3/t16-/m0/s1. The van der Waals surface area contributed by atoms with E-state index < -0.39 is 9.84 Å². The molecule has 0 bridgehead atoms. The third-order valence-corrected chi connectivity index (χ3v) is 7.07. The van der Waals surface area contributed by atoms with Crippen LogP contribution in [0.1, 0.15) is 6.42 Å². The number of hydrogen-bond donors (Lipinski definition) is 0. The Kier molecular flexibility index (Phi) is 5.72. The van der Waals surface area contributed by atoms with Crippen LogP contribution >= 0.6 is 0 Å². The molecular weight excluding hydrogens is 354 g/mol. The summed E-state index contributed by atoms with van der Waals surface area (Å²) >= 11 is 0. The van der Waals surface area contributed by atoms with E-state index >= 15 is 0 Å². The molecule has 1 aromatic rings. The molecule has 0 aromatic heterocycles. The van der Waals surface area contributed by atoms with Gasteiger partial charge < -0.3 is 14.5 Å². The molecule has 3 rings (SSSR count). The van der Waals surface area contributed by atoms with Gasteiger partial charge in [0.2, 0.25) is 5.91 Å². The van der Waals surface area contributed by atoms with Crippen LogP contribution in [0.15, 0.2) is 24.3 Å². The molecule has 0 unspecified atom stereocenters. The minimum atomic E-state index is -2.97. The number of anilines is 1. The zero-order chi connectivity index (χ0) is 18.7. The van der Waals surface area contributed by atoms with Gasteiger partial charge >= 0.3 is 0 Å². The van der Waals surface area contributed by atoms with Crippen molar-refractivity contribution < 1.29 is 17.9 Å². The van der Waals surface area contributed by atoms with Crippen LogP contribution in [0.4, 0.5) is 5.69 Å². The SMILES string of the molecule is COc1ccc(N2CCN(CC(=O)N(C)[C@H]3CCS(=O)(=O)C3)CC2)cc1. The lowest BCUT2D eigenvalue weighted by Crippen LogP contribution is -2.51. The van der Waals surface area contributed by atoms with Crippen LogP contribution in [-0.4, -0.2) is 88.6 Å². The highest BCUT2D eigenvalue weighted by Crippen LogP contribution is 2.21. The highest BCUT2D eigenvalue weighted by Gasteiger charge is 2.33. The molecule has 0 radical (unpaired) electrons. The molecule has 0 N–H and O–H groups in total. The van der Waals surface area contributed by atoms with Crippen LogP contribution in [0.3, 0.4) is 0 Å². The van der Waals surface area contributed by atoms with Crippen LogP contribution < -0.4 is 9.64 Å². The molecule has 2 heterocycles. The van der Waals surface area contributed by atoms with E-state index in [0.29, 0.717) is 13.0 Å². The summed E-state index contributed by atoms with van der Waals surface area (Å²) in [6.45, 7) is 3.70. The molecule has 2 saturated heterocycles. The van der Waals surface area contributed by atoms with E-state index in [9.17, 15) is 13.2 Å². The first-order valence-electron chi connectivity index (χ1n) is 8.95. The summed E-state index contributed by atoms with van der Waals surface area (Å²) in [5.74, 6) is 1.14. The van der Waals surface area contributed by atoms with Crippen molar-refractivity contribution in [2.24, 2.45) is 0 Å². The topological polar surface area (TPSA) is 70.2 Å². The number of rotatable bonds is 5. The molecule has 0 aliphatic carbocycles. The van der Waals surface area contributed by atoms with Crippen molar-refractivity contribution >= 4 is 21.4 Å². The number of amides is 1. The molecule has 2 aliphatic heterocycles. The summed E-state index contributed by atoms with van der Waals surface area (Å²) in [6, 6.07) is 7.83. The number of methoxy groups -OCH3 is 1. The molecule has 26 heavy (non-hydrogen) atoms. The monoisotopic (exact) mass is 381 g/mol. The van der Waals surface area contributed by atoms with Crippen LogP contribution in [0.25, 0.3) is 0 Å². The molecule has 1 atom stereocenters. The van der Waals surface area contributed by atoms with Gasteiger partial charge in [-0.3, -0.25) is 9.69 Å². The van der Waals surface area contributed by atoms with E-state index in [1.54, 1.807) is 19.1 Å². The minimum absolute atomic E-state index is 0.00463. The van der Waals surface area contributed by atoms with E-state index in [-0.39, 0.29) is 23.5 Å². The smallest absolute Gasteiger partial charge is 0.236 e. The van der Waals surface area contributed by atoms with Crippen molar-refractivity contribution in [1.82, 2.24) is 9.80 Å². The lowest BCUT2D eigenvalue weighted by molar-refractivity contribution is -0.132. The summed E-state index contributed by atoms with van der Waals surface area (Å²) in [5.41, 5.74) is 1.16. The molecule has 0 saturated carbocycles. The highest BCUT2D eigenvalue weighted by atomic mass is 32.2. The summed E-state index contributed by atoms with van der Waals surface area (Å²) < 4.78 is 28.4. The number of benzene rings is 1. The third-order valence-electron chi connectivity index (χ3n) is 5.32. The summed E-state index contributed by atoms with van der Waals surface area (Å²) in [4.78, 5) is 18.6. The zero-order valence-electron chi connectivity index (χ0n) is 15.4. The van der Waals surface area contributed by atoms with Crippen LogP contribution in [0.2, 0.25) is 0 Å². The Hall–Kier alpha value is -1.80. The van der Waals surface area contributed by atoms with E-state index in [0.717, 1.165) is 37.6 Å². The van der Waals surface area contributed by atoms with E-state index in [1.165, 1.54) is 0 Å². The van der Waals surface area contributed by atoms with Crippen LogP contribution in [-0.2, 0) is 14.6 Å². The van der Waals surface area contributed by atoms with Gasteiger partial charge in [-0.1, -0.05) is 0 Å². The van der Waals surface area contributed by atoms with Crippen molar-refractivity contribution in [3.8, 4) is 5.75 Å². The average Bonchev–Trinajstić information content (AvgIpc) is 3.01. The second kappa shape index (κ2) is 7.84. The first kappa shape index (κ1) is 19.0.